The van der Waals surface area contributed by atoms with Crippen molar-refractivity contribution in [2.45, 2.75) is 32.4 Å². The number of hydrogen-bond donors (Lipinski definition) is 0. The van der Waals surface area contributed by atoms with Gasteiger partial charge in [0.2, 0.25) is 5.88 Å². The molecule has 0 bridgehead atoms. The Morgan fingerprint density at radius 3 is 2.57 bits per heavy atom. The first-order valence-electron chi connectivity index (χ1n) is 9.84. The lowest BCUT2D eigenvalue weighted by molar-refractivity contribution is 0.241. The fourth-order valence-corrected chi connectivity index (χ4v) is 3.37. The molecule has 0 atom stereocenters. The molecule has 4 rings (SSSR count). The van der Waals surface area contributed by atoms with Gasteiger partial charge in [-0.2, -0.15) is 0 Å². The number of hydrogen-bond acceptors (Lipinski definition) is 5. The lowest BCUT2D eigenvalue weighted by Gasteiger charge is -2.23. The molecule has 1 aliphatic heterocycles. The maximum Gasteiger partial charge on any atom is 0.223 e. The van der Waals surface area contributed by atoms with Gasteiger partial charge in [0.25, 0.3) is 0 Å². The Labute approximate surface area is 166 Å². The molecule has 1 aromatic carbocycles. The van der Waals surface area contributed by atoms with Gasteiger partial charge in [-0.3, -0.25) is 9.88 Å². The molecule has 2 aromatic heterocycles. The summed E-state index contributed by atoms with van der Waals surface area (Å²) in [6, 6.07) is 17.9. The molecule has 0 spiro atoms. The van der Waals surface area contributed by atoms with Gasteiger partial charge < -0.3 is 9.47 Å². The molecule has 3 heterocycles. The number of fused-ring (bicyclic) bond motifs is 2. The van der Waals surface area contributed by atoms with E-state index in [4.69, 9.17) is 9.47 Å². The Balaban J connectivity index is 1.61. The number of aromatic nitrogens is 2. The van der Waals surface area contributed by atoms with Crippen molar-refractivity contribution >= 4 is 0 Å². The van der Waals surface area contributed by atoms with E-state index >= 15 is 0 Å². The molecule has 0 radical (unpaired) electrons. The normalized spacial score (nSPS) is 15.6. The zero-order valence-corrected chi connectivity index (χ0v) is 16.0. The van der Waals surface area contributed by atoms with Crippen LogP contribution in [0, 0.1) is 0 Å². The van der Waals surface area contributed by atoms with Gasteiger partial charge in [-0.25, -0.2) is 4.98 Å². The van der Waals surface area contributed by atoms with Crippen molar-refractivity contribution < 1.29 is 9.47 Å². The summed E-state index contributed by atoms with van der Waals surface area (Å²) in [4.78, 5) is 11.4. The smallest absolute Gasteiger partial charge is 0.223 e. The van der Waals surface area contributed by atoms with Gasteiger partial charge in [0.15, 0.2) is 11.5 Å². The average molecular weight is 375 g/mol. The number of benzene rings is 1. The second-order valence-electron chi connectivity index (χ2n) is 6.96. The highest BCUT2D eigenvalue weighted by Crippen LogP contribution is 2.32. The van der Waals surface area contributed by atoms with Gasteiger partial charge >= 0.3 is 0 Å². The molecular weight excluding hydrogens is 350 g/mol. The molecule has 0 N–H and O–H groups in total. The Morgan fingerprint density at radius 2 is 1.68 bits per heavy atom. The number of pyridine rings is 2. The monoisotopic (exact) mass is 375 g/mol. The van der Waals surface area contributed by atoms with E-state index in [9.17, 15) is 0 Å². The second kappa shape index (κ2) is 9.33. The first-order chi connectivity index (χ1) is 13.9. The second-order valence-corrected chi connectivity index (χ2v) is 6.96. The van der Waals surface area contributed by atoms with Gasteiger partial charge in [0.05, 0.1) is 12.3 Å². The molecule has 0 saturated carbocycles. The number of nitrogens with zero attached hydrogens (tertiary/aromatic N) is 3. The maximum absolute atomic E-state index is 6.18. The largest absolute Gasteiger partial charge is 0.490 e. The van der Waals surface area contributed by atoms with Crippen molar-refractivity contribution in [1.82, 2.24) is 14.9 Å². The highest BCUT2D eigenvalue weighted by atomic mass is 16.5. The molecule has 0 saturated heterocycles. The van der Waals surface area contributed by atoms with Crippen LogP contribution in [0.5, 0.6) is 17.4 Å². The highest BCUT2D eigenvalue weighted by molar-refractivity contribution is 5.42. The Hall–Kier alpha value is -2.92. The fraction of sp³-hybridized carbons (Fsp3) is 0.304. The predicted molar refractivity (Wildman–Crippen MR) is 108 cm³/mol. The number of rotatable bonds is 2. The lowest BCUT2D eigenvalue weighted by atomic mass is 10.2. The molecule has 3 aromatic rings. The van der Waals surface area contributed by atoms with E-state index in [0.29, 0.717) is 18.2 Å². The summed E-state index contributed by atoms with van der Waals surface area (Å²) in [6.45, 7) is 3.26. The van der Waals surface area contributed by atoms with Crippen LogP contribution in [0.4, 0.5) is 0 Å². The van der Waals surface area contributed by atoms with Crippen molar-refractivity contribution in [2.75, 3.05) is 13.2 Å². The minimum Gasteiger partial charge on any atom is -0.490 e. The molecule has 5 nitrogen and oxygen atoms in total. The third-order valence-electron chi connectivity index (χ3n) is 4.79. The van der Waals surface area contributed by atoms with E-state index in [1.54, 1.807) is 6.20 Å². The van der Waals surface area contributed by atoms with Gasteiger partial charge in [-0.05, 0) is 56.1 Å². The summed E-state index contributed by atoms with van der Waals surface area (Å²) in [7, 11) is 0. The Morgan fingerprint density at radius 1 is 0.821 bits per heavy atom. The van der Waals surface area contributed by atoms with Crippen LogP contribution in [0.3, 0.4) is 0 Å². The van der Waals surface area contributed by atoms with Crippen LogP contribution in [-0.4, -0.2) is 28.0 Å². The molecule has 1 aliphatic rings. The minimum absolute atomic E-state index is 0.629. The van der Waals surface area contributed by atoms with Crippen molar-refractivity contribution in [3.05, 3.63) is 78.2 Å². The highest BCUT2D eigenvalue weighted by Gasteiger charge is 2.15. The molecule has 5 heteroatoms. The van der Waals surface area contributed by atoms with Crippen LogP contribution in [0.15, 0.2) is 67.0 Å². The van der Waals surface area contributed by atoms with E-state index in [0.717, 1.165) is 55.9 Å². The zero-order chi connectivity index (χ0) is 19.0. The first-order valence-corrected chi connectivity index (χ1v) is 9.84. The zero-order valence-electron chi connectivity index (χ0n) is 16.0. The predicted octanol–water partition coefficient (Wildman–Crippen LogP) is 4.83. The van der Waals surface area contributed by atoms with Crippen molar-refractivity contribution in [1.29, 1.82) is 0 Å². The van der Waals surface area contributed by atoms with Crippen molar-refractivity contribution in [3.63, 3.8) is 0 Å². The van der Waals surface area contributed by atoms with Crippen LogP contribution in [-0.2, 0) is 13.1 Å². The summed E-state index contributed by atoms with van der Waals surface area (Å²) in [5, 5.41) is 0. The summed E-state index contributed by atoms with van der Waals surface area (Å²) in [5.74, 6) is 2.10. The van der Waals surface area contributed by atoms with Crippen molar-refractivity contribution in [2.24, 2.45) is 0 Å². The van der Waals surface area contributed by atoms with Crippen molar-refractivity contribution in [3.8, 4) is 17.4 Å². The Kier molecular flexibility index (Phi) is 6.15. The number of para-hydroxylation sites is 2. The van der Waals surface area contributed by atoms with Crippen LogP contribution in [0.2, 0.25) is 0 Å². The van der Waals surface area contributed by atoms with Crippen LogP contribution < -0.4 is 9.47 Å². The van der Waals surface area contributed by atoms with Crippen LogP contribution >= 0.6 is 0 Å². The Bertz CT molecular complexity index is 886. The molecule has 144 valence electrons. The molecule has 0 fully saturated rings. The van der Waals surface area contributed by atoms with E-state index in [1.165, 1.54) is 0 Å². The SMILES string of the molecule is c1ccc(CN2CCCCCOc3ccccc3Oc3ncccc3C2)nc1. The summed E-state index contributed by atoms with van der Waals surface area (Å²) in [5.41, 5.74) is 2.14. The summed E-state index contributed by atoms with van der Waals surface area (Å²) < 4.78 is 12.1. The van der Waals surface area contributed by atoms with Crippen LogP contribution in [0.25, 0.3) is 0 Å². The molecule has 0 amide bonds. The first kappa shape index (κ1) is 18.4. The van der Waals surface area contributed by atoms with Gasteiger partial charge in [-0.15, -0.1) is 0 Å². The minimum atomic E-state index is 0.629. The fourth-order valence-electron chi connectivity index (χ4n) is 3.37. The maximum atomic E-state index is 6.18. The number of ether oxygens (including phenoxy) is 2. The molecule has 0 unspecified atom stereocenters. The van der Waals surface area contributed by atoms with Gasteiger partial charge in [-0.1, -0.05) is 24.3 Å². The van der Waals surface area contributed by atoms with E-state index < -0.39 is 0 Å². The van der Waals surface area contributed by atoms with Gasteiger partial charge in [0, 0.05) is 31.0 Å². The summed E-state index contributed by atoms with van der Waals surface area (Å²) >= 11 is 0. The lowest BCUT2D eigenvalue weighted by Crippen LogP contribution is -2.25. The summed E-state index contributed by atoms with van der Waals surface area (Å²) in [6.07, 6.45) is 6.89. The van der Waals surface area contributed by atoms with E-state index in [2.05, 4.69) is 27.0 Å². The third kappa shape index (κ3) is 4.87. The van der Waals surface area contributed by atoms with Crippen LogP contribution in [0.1, 0.15) is 30.5 Å². The quantitative estimate of drug-likeness (QED) is 0.642. The molecule has 28 heavy (non-hydrogen) atoms. The average Bonchev–Trinajstić information content (AvgIpc) is 2.74. The molecular formula is C23H25N3O2. The molecule has 0 aliphatic carbocycles. The van der Waals surface area contributed by atoms with Gasteiger partial charge in [0.1, 0.15) is 0 Å². The van der Waals surface area contributed by atoms with E-state index in [-0.39, 0.29) is 0 Å². The standard InChI is InChI=1S/C23H25N3O2/c1-6-15-26(18-20-10-4-5-13-24-20)17-19-9-8-14-25-23(19)28-22-12-3-2-11-21(22)27-16-7-1/h2-5,8-14H,1,6-7,15-18H2. The van der Waals surface area contributed by atoms with E-state index in [1.807, 2.05) is 48.7 Å². The topological polar surface area (TPSA) is 47.5 Å². The third-order valence-corrected chi connectivity index (χ3v) is 4.79.